The summed E-state index contributed by atoms with van der Waals surface area (Å²) in [7, 11) is 0. The number of nitriles is 1. The third-order valence-corrected chi connectivity index (χ3v) is 5.47. The van der Waals surface area contributed by atoms with Crippen LogP contribution in [0.3, 0.4) is 0 Å². The average Bonchev–Trinajstić information content (AvgIpc) is 2.79. The summed E-state index contributed by atoms with van der Waals surface area (Å²) in [5, 5.41) is 11.1. The van der Waals surface area contributed by atoms with Gasteiger partial charge in [-0.05, 0) is 42.3 Å². The maximum Gasteiger partial charge on any atom is 0.137 e. The minimum absolute atomic E-state index is 0. The Labute approximate surface area is 184 Å². The van der Waals surface area contributed by atoms with Gasteiger partial charge in [-0.15, -0.1) is 12.4 Å². The first kappa shape index (κ1) is 21.9. The molecule has 30 heavy (non-hydrogen) atoms. The monoisotopic (exact) mass is 422 g/mol. The summed E-state index contributed by atoms with van der Waals surface area (Å²) >= 11 is 0. The average molecular weight is 423 g/mol. The Morgan fingerprint density at radius 2 is 1.77 bits per heavy atom. The summed E-state index contributed by atoms with van der Waals surface area (Å²) in [4.78, 5) is 9.97. The Bertz CT molecular complexity index is 1010. The van der Waals surface area contributed by atoms with Crippen LogP contribution in [0.2, 0.25) is 0 Å². The van der Waals surface area contributed by atoms with Crippen molar-refractivity contribution in [3.05, 3.63) is 54.6 Å². The van der Waals surface area contributed by atoms with Crippen molar-refractivity contribution in [1.82, 2.24) is 9.88 Å². The summed E-state index contributed by atoms with van der Waals surface area (Å²) in [6.45, 7) is 7.89. The Morgan fingerprint density at radius 3 is 2.47 bits per heavy atom. The Kier molecular flexibility index (Phi) is 7.51. The molecule has 0 N–H and O–H groups in total. The minimum Gasteiger partial charge on any atom is -0.493 e. The fourth-order valence-electron chi connectivity index (χ4n) is 3.78. The molecular weight excluding hydrogens is 396 g/mol. The van der Waals surface area contributed by atoms with Gasteiger partial charge in [0.05, 0.1) is 18.2 Å². The molecule has 0 spiro atoms. The van der Waals surface area contributed by atoms with Gasteiger partial charge in [0.25, 0.3) is 0 Å². The number of anilines is 1. The molecule has 3 aromatic rings. The molecule has 1 aliphatic heterocycles. The van der Waals surface area contributed by atoms with E-state index in [2.05, 4.69) is 53.1 Å². The topological polar surface area (TPSA) is 52.4 Å². The van der Waals surface area contributed by atoms with Crippen LogP contribution in [0.5, 0.6) is 5.75 Å². The van der Waals surface area contributed by atoms with E-state index >= 15 is 0 Å². The van der Waals surface area contributed by atoms with E-state index in [4.69, 9.17) is 15.0 Å². The molecule has 1 aliphatic rings. The highest BCUT2D eigenvalue weighted by molar-refractivity contribution is 5.95. The first-order valence-electron chi connectivity index (χ1n) is 10.3. The third kappa shape index (κ3) is 4.84. The second-order valence-corrected chi connectivity index (χ2v) is 7.25. The Morgan fingerprint density at radius 1 is 1.03 bits per heavy atom. The Balaban J connectivity index is 0.00000256. The molecule has 0 bridgehead atoms. The van der Waals surface area contributed by atoms with Gasteiger partial charge in [0.1, 0.15) is 18.2 Å². The van der Waals surface area contributed by atoms with E-state index in [1.54, 1.807) is 0 Å². The molecule has 0 saturated carbocycles. The van der Waals surface area contributed by atoms with Crippen LogP contribution in [0.25, 0.3) is 22.0 Å². The fourth-order valence-corrected chi connectivity index (χ4v) is 3.78. The predicted octanol–water partition coefficient (Wildman–Crippen LogP) is 4.76. The molecular formula is C24H27ClN4O. The quantitative estimate of drug-likeness (QED) is 0.536. The van der Waals surface area contributed by atoms with E-state index in [0.29, 0.717) is 13.0 Å². The number of hydrogen-bond donors (Lipinski definition) is 0. The molecule has 1 saturated heterocycles. The largest absolute Gasteiger partial charge is 0.493 e. The van der Waals surface area contributed by atoms with Gasteiger partial charge in [-0.3, -0.25) is 0 Å². The molecule has 1 aromatic heterocycles. The zero-order valence-electron chi connectivity index (χ0n) is 17.3. The molecule has 2 aromatic carbocycles. The number of piperazine rings is 1. The van der Waals surface area contributed by atoms with E-state index in [9.17, 15) is 0 Å². The highest BCUT2D eigenvalue weighted by Crippen LogP contribution is 2.31. The number of halogens is 1. The van der Waals surface area contributed by atoms with Crippen molar-refractivity contribution >= 4 is 29.0 Å². The lowest BCUT2D eigenvalue weighted by Gasteiger charge is -2.35. The number of aromatic nitrogens is 1. The summed E-state index contributed by atoms with van der Waals surface area (Å²) < 4.78 is 5.59. The highest BCUT2D eigenvalue weighted by atomic mass is 35.5. The van der Waals surface area contributed by atoms with Crippen molar-refractivity contribution in [1.29, 1.82) is 5.26 Å². The van der Waals surface area contributed by atoms with Crippen LogP contribution < -0.4 is 9.64 Å². The minimum atomic E-state index is 0. The molecule has 156 valence electrons. The molecule has 5 nitrogen and oxygen atoms in total. The maximum absolute atomic E-state index is 8.64. The summed E-state index contributed by atoms with van der Waals surface area (Å²) in [6.07, 6.45) is 0.392. The van der Waals surface area contributed by atoms with Crippen molar-refractivity contribution in [3.8, 4) is 23.1 Å². The zero-order valence-corrected chi connectivity index (χ0v) is 18.1. The first-order valence-corrected chi connectivity index (χ1v) is 10.3. The fraction of sp³-hybridized carbons (Fsp3) is 0.333. The van der Waals surface area contributed by atoms with Gasteiger partial charge in [0, 0.05) is 37.1 Å². The standard InChI is InChI=1S/C24H26N4O.ClH/c1-2-27-13-15-28(16-14-27)24-22-7-4-3-6-20(22)18-23(26-24)19-8-10-21(11-9-19)29-17-5-12-25;/h3-4,6-11,18H,2,5,13-17H2,1H3;1H. The van der Waals surface area contributed by atoms with Gasteiger partial charge in [0.2, 0.25) is 0 Å². The second-order valence-electron chi connectivity index (χ2n) is 7.25. The molecule has 0 radical (unpaired) electrons. The lowest BCUT2D eigenvalue weighted by Crippen LogP contribution is -2.46. The second kappa shape index (κ2) is 10.3. The maximum atomic E-state index is 8.64. The van der Waals surface area contributed by atoms with Crippen LogP contribution in [-0.4, -0.2) is 49.2 Å². The molecule has 0 amide bonds. The number of likely N-dealkylation sites (N-methyl/N-ethyl adjacent to an activating group) is 1. The van der Waals surface area contributed by atoms with E-state index in [-0.39, 0.29) is 12.4 Å². The van der Waals surface area contributed by atoms with Crippen LogP contribution in [0.4, 0.5) is 5.82 Å². The molecule has 4 rings (SSSR count). The van der Waals surface area contributed by atoms with Crippen molar-refractivity contribution in [2.75, 3.05) is 44.2 Å². The SMILES string of the molecule is CCN1CCN(c2nc(-c3ccc(OCCC#N)cc3)cc3ccccc23)CC1.Cl. The first-order chi connectivity index (χ1) is 14.3. The van der Waals surface area contributed by atoms with Crippen LogP contribution in [0, 0.1) is 11.3 Å². The number of pyridine rings is 1. The van der Waals surface area contributed by atoms with Gasteiger partial charge < -0.3 is 14.5 Å². The van der Waals surface area contributed by atoms with Crippen LogP contribution in [0.15, 0.2) is 54.6 Å². The molecule has 1 fully saturated rings. The van der Waals surface area contributed by atoms with E-state index in [0.717, 1.165) is 55.5 Å². The van der Waals surface area contributed by atoms with Gasteiger partial charge in [-0.2, -0.15) is 5.26 Å². The highest BCUT2D eigenvalue weighted by Gasteiger charge is 2.19. The van der Waals surface area contributed by atoms with Crippen molar-refractivity contribution in [2.24, 2.45) is 0 Å². The summed E-state index contributed by atoms with van der Waals surface area (Å²) in [6, 6.07) is 20.7. The van der Waals surface area contributed by atoms with Crippen LogP contribution in [-0.2, 0) is 0 Å². The van der Waals surface area contributed by atoms with E-state index in [1.165, 1.54) is 10.8 Å². The summed E-state index contributed by atoms with van der Waals surface area (Å²) in [5.41, 5.74) is 2.04. The van der Waals surface area contributed by atoms with Gasteiger partial charge >= 0.3 is 0 Å². The molecule has 0 unspecified atom stereocenters. The number of benzene rings is 2. The predicted molar refractivity (Wildman–Crippen MR) is 124 cm³/mol. The lowest BCUT2D eigenvalue weighted by atomic mass is 10.1. The van der Waals surface area contributed by atoms with Crippen LogP contribution in [0.1, 0.15) is 13.3 Å². The molecule has 0 aliphatic carbocycles. The van der Waals surface area contributed by atoms with Gasteiger partial charge in [-0.1, -0.05) is 31.2 Å². The zero-order chi connectivity index (χ0) is 20.1. The lowest BCUT2D eigenvalue weighted by molar-refractivity contribution is 0.271. The normalized spacial score (nSPS) is 14.2. The third-order valence-electron chi connectivity index (χ3n) is 5.47. The number of ether oxygens (including phenoxy) is 1. The molecule has 0 atom stereocenters. The van der Waals surface area contributed by atoms with Crippen molar-refractivity contribution in [3.63, 3.8) is 0 Å². The van der Waals surface area contributed by atoms with E-state index in [1.807, 2.05) is 24.3 Å². The number of rotatable bonds is 6. The van der Waals surface area contributed by atoms with E-state index < -0.39 is 0 Å². The number of nitrogens with zero attached hydrogens (tertiary/aromatic N) is 4. The van der Waals surface area contributed by atoms with Crippen molar-refractivity contribution in [2.45, 2.75) is 13.3 Å². The van der Waals surface area contributed by atoms with Crippen molar-refractivity contribution < 1.29 is 4.74 Å². The van der Waals surface area contributed by atoms with Gasteiger partial charge in [-0.25, -0.2) is 4.98 Å². The summed E-state index contributed by atoms with van der Waals surface area (Å²) in [5.74, 6) is 1.85. The molecule has 6 heteroatoms. The number of fused-ring (bicyclic) bond motifs is 1. The van der Waals surface area contributed by atoms with Crippen LogP contribution >= 0.6 is 12.4 Å². The Hall–Kier alpha value is -2.81. The molecule has 2 heterocycles. The van der Waals surface area contributed by atoms with Gasteiger partial charge in [0.15, 0.2) is 0 Å². The number of hydrogen-bond acceptors (Lipinski definition) is 5. The smallest absolute Gasteiger partial charge is 0.137 e.